The third kappa shape index (κ3) is 5.16. The lowest BCUT2D eigenvalue weighted by atomic mass is 10.1. The van der Waals surface area contributed by atoms with Gasteiger partial charge in [-0.15, -0.1) is 11.3 Å². The molecular formula is C23H23NO6S. The number of carbonyl (C=O) groups excluding carboxylic acids is 1. The smallest absolute Gasteiger partial charge is 0.308 e. The molecule has 0 aliphatic heterocycles. The summed E-state index contributed by atoms with van der Waals surface area (Å²) in [5, 5.41) is 11.9. The molecule has 2 aromatic carbocycles. The monoisotopic (exact) mass is 441 g/mol. The SMILES string of the molecule is COc1ccc(CC(=O)Nc2ccccc2-c2ccc(CC(=O)O)s2)c(OC)c1OC. The first-order chi connectivity index (χ1) is 15.0. The second-order valence-electron chi connectivity index (χ2n) is 6.60. The van der Waals surface area contributed by atoms with Crippen LogP contribution in [0, 0.1) is 0 Å². The van der Waals surface area contributed by atoms with E-state index in [4.69, 9.17) is 19.3 Å². The number of aliphatic carboxylic acids is 1. The van der Waals surface area contributed by atoms with Crippen molar-refractivity contribution in [2.24, 2.45) is 0 Å². The third-order valence-corrected chi connectivity index (χ3v) is 5.71. The number of hydrogen-bond acceptors (Lipinski definition) is 6. The molecule has 7 nitrogen and oxygen atoms in total. The number of amides is 1. The van der Waals surface area contributed by atoms with Crippen molar-refractivity contribution < 1.29 is 28.9 Å². The van der Waals surface area contributed by atoms with Gasteiger partial charge in [0.05, 0.1) is 34.2 Å². The summed E-state index contributed by atoms with van der Waals surface area (Å²) in [5.74, 6) is 0.296. The van der Waals surface area contributed by atoms with Crippen LogP contribution in [0.25, 0.3) is 10.4 Å². The number of carboxylic acid groups (broad SMARTS) is 1. The highest BCUT2D eigenvalue weighted by atomic mass is 32.1. The Bertz CT molecular complexity index is 1090. The fourth-order valence-corrected chi connectivity index (χ4v) is 4.28. The number of thiophene rings is 1. The van der Waals surface area contributed by atoms with Gasteiger partial charge in [-0.2, -0.15) is 0 Å². The van der Waals surface area contributed by atoms with E-state index >= 15 is 0 Å². The normalized spacial score (nSPS) is 10.4. The quantitative estimate of drug-likeness (QED) is 0.516. The van der Waals surface area contributed by atoms with Crippen LogP contribution in [0.5, 0.6) is 17.2 Å². The summed E-state index contributed by atoms with van der Waals surface area (Å²) in [6.45, 7) is 0. The Morgan fingerprint density at radius 3 is 2.32 bits per heavy atom. The summed E-state index contributed by atoms with van der Waals surface area (Å²) in [7, 11) is 4.56. The molecule has 162 valence electrons. The lowest BCUT2D eigenvalue weighted by molar-refractivity contribution is -0.136. The predicted molar refractivity (Wildman–Crippen MR) is 120 cm³/mol. The summed E-state index contributed by atoms with van der Waals surface area (Å²) < 4.78 is 16.1. The number of nitrogens with one attached hydrogen (secondary N) is 1. The maximum Gasteiger partial charge on any atom is 0.308 e. The van der Waals surface area contributed by atoms with Crippen LogP contribution in [0.15, 0.2) is 48.5 Å². The number of hydrogen-bond donors (Lipinski definition) is 2. The van der Waals surface area contributed by atoms with Crippen LogP contribution in [0.4, 0.5) is 5.69 Å². The van der Waals surface area contributed by atoms with Crippen molar-refractivity contribution in [2.75, 3.05) is 26.6 Å². The van der Waals surface area contributed by atoms with Gasteiger partial charge in [0, 0.05) is 26.6 Å². The first-order valence-electron chi connectivity index (χ1n) is 9.44. The zero-order valence-electron chi connectivity index (χ0n) is 17.4. The fraction of sp³-hybridized carbons (Fsp3) is 0.217. The molecule has 3 aromatic rings. The Morgan fingerprint density at radius 2 is 1.65 bits per heavy atom. The molecule has 0 aliphatic carbocycles. The van der Waals surface area contributed by atoms with E-state index in [0.717, 1.165) is 15.3 Å². The molecule has 0 fully saturated rings. The van der Waals surface area contributed by atoms with Gasteiger partial charge in [-0.25, -0.2) is 0 Å². The molecule has 0 bridgehead atoms. The van der Waals surface area contributed by atoms with Crippen LogP contribution in [0.2, 0.25) is 0 Å². The average molecular weight is 442 g/mol. The maximum atomic E-state index is 12.8. The van der Waals surface area contributed by atoms with E-state index in [1.54, 1.807) is 18.2 Å². The molecule has 0 atom stereocenters. The first-order valence-corrected chi connectivity index (χ1v) is 10.3. The standard InChI is InChI=1S/C23H23NO6S/c1-28-18-10-8-14(22(29-2)23(18)30-3)12-20(25)24-17-7-5-4-6-16(17)19-11-9-15(31-19)13-21(26)27/h4-11H,12-13H2,1-3H3,(H,24,25)(H,26,27). The van der Waals surface area contributed by atoms with Gasteiger partial charge in [0.2, 0.25) is 11.7 Å². The number of para-hydroxylation sites is 1. The van der Waals surface area contributed by atoms with Crippen molar-refractivity contribution in [3.8, 4) is 27.7 Å². The van der Waals surface area contributed by atoms with Crippen molar-refractivity contribution in [1.82, 2.24) is 0 Å². The number of methoxy groups -OCH3 is 3. The largest absolute Gasteiger partial charge is 0.493 e. The van der Waals surface area contributed by atoms with Gasteiger partial charge in [0.1, 0.15) is 0 Å². The van der Waals surface area contributed by atoms with Gasteiger partial charge in [0.15, 0.2) is 11.5 Å². The highest BCUT2D eigenvalue weighted by Crippen LogP contribution is 2.40. The predicted octanol–water partition coefficient (Wildman–Crippen LogP) is 4.25. The molecule has 31 heavy (non-hydrogen) atoms. The van der Waals surface area contributed by atoms with Gasteiger partial charge < -0.3 is 24.6 Å². The number of benzene rings is 2. The highest BCUT2D eigenvalue weighted by Gasteiger charge is 2.19. The molecule has 0 radical (unpaired) electrons. The molecule has 8 heteroatoms. The molecule has 3 rings (SSSR count). The van der Waals surface area contributed by atoms with E-state index in [9.17, 15) is 9.59 Å². The topological polar surface area (TPSA) is 94.1 Å². The minimum atomic E-state index is -0.876. The second kappa shape index (κ2) is 9.99. The van der Waals surface area contributed by atoms with Crippen LogP contribution < -0.4 is 19.5 Å². The van der Waals surface area contributed by atoms with Gasteiger partial charge in [-0.05, 0) is 24.3 Å². The molecule has 1 aromatic heterocycles. The lowest BCUT2D eigenvalue weighted by Crippen LogP contribution is -2.15. The van der Waals surface area contributed by atoms with E-state index in [2.05, 4.69) is 5.32 Å². The van der Waals surface area contributed by atoms with Crippen LogP contribution in [-0.4, -0.2) is 38.3 Å². The second-order valence-corrected chi connectivity index (χ2v) is 7.77. The summed E-state index contributed by atoms with van der Waals surface area (Å²) in [4.78, 5) is 25.4. The zero-order chi connectivity index (χ0) is 22.4. The zero-order valence-corrected chi connectivity index (χ0v) is 18.2. The number of carboxylic acids is 1. The van der Waals surface area contributed by atoms with Crippen molar-refractivity contribution in [3.63, 3.8) is 0 Å². The van der Waals surface area contributed by atoms with Gasteiger partial charge in [0.25, 0.3) is 0 Å². The molecule has 1 heterocycles. The molecule has 0 aliphatic rings. The summed E-state index contributed by atoms with van der Waals surface area (Å²) in [5.41, 5.74) is 2.14. The first kappa shape index (κ1) is 22.2. The van der Waals surface area contributed by atoms with E-state index in [1.165, 1.54) is 32.7 Å². The summed E-state index contributed by atoms with van der Waals surface area (Å²) >= 11 is 1.39. The molecule has 0 unspecified atom stereocenters. The summed E-state index contributed by atoms with van der Waals surface area (Å²) in [6, 6.07) is 14.6. The Labute approximate surface area is 184 Å². The third-order valence-electron chi connectivity index (χ3n) is 4.59. The average Bonchev–Trinajstić information content (AvgIpc) is 3.21. The number of carbonyl (C=O) groups is 2. The van der Waals surface area contributed by atoms with Crippen LogP contribution in [0.1, 0.15) is 10.4 Å². The van der Waals surface area contributed by atoms with Crippen molar-refractivity contribution >= 4 is 28.9 Å². The van der Waals surface area contributed by atoms with Crippen molar-refractivity contribution in [2.45, 2.75) is 12.8 Å². The van der Waals surface area contributed by atoms with Gasteiger partial charge in [-0.1, -0.05) is 24.3 Å². The van der Waals surface area contributed by atoms with Gasteiger partial charge >= 0.3 is 5.97 Å². The maximum absolute atomic E-state index is 12.8. The van der Waals surface area contributed by atoms with E-state index in [1.807, 2.05) is 30.3 Å². The minimum absolute atomic E-state index is 0.0295. The van der Waals surface area contributed by atoms with Crippen LogP contribution >= 0.6 is 11.3 Å². The lowest BCUT2D eigenvalue weighted by Gasteiger charge is -2.16. The molecule has 0 saturated carbocycles. The fourth-order valence-electron chi connectivity index (χ4n) is 3.24. The van der Waals surface area contributed by atoms with Crippen LogP contribution in [0.3, 0.4) is 0 Å². The number of ether oxygens (including phenoxy) is 3. The van der Waals surface area contributed by atoms with Crippen molar-refractivity contribution in [1.29, 1.82) is 0 Å². The van der Waals surface area contributed by atoms with E-state index in [0.29, 0.717) is 28.5 Å². The Kier molecular flexibility index (Phi) is 7.15. The van der Waals surface area contributed by atoms with E-state index in [-0.39, 0.29) is 18.7 Å². The molecule has 0 spiro atoms. The van der Waals surface area contributed by atoms with Crippen LogP contribution in [-0.2, 0) is 22.4 Å². The Morgan fingerprint density at radius 1 is 0.903 bits per heavy atom. The van der Waals surface area contributed by atoms with E-state index < -0.39 is 5.97 Å². The number of rotatable bonds is 9. The Hall–Kier alpha value is -3.52. The highest BCUT2D eigenvalue weighted by molar-refractivity contribution is 7.15. The molecular weight excluding hydrogens is 418 g/mol. The molecule has 1 amide bonds. The van der Waals surface area contributed by atoms with Crippen molar-refractivity contribution in [3.05, 3.63) is 59.0 Å². The number of anilines is 1. The molecule has 0 saturated heterocycles. The Balaban J connectivity index is 1.82. The summed E-state index contributed by atoms with van der Waals surface area (Å²) in [6.07, 6.45) is 0.0465. The minimum Gasteiger partial charge on any atom is -0.493 e. The molecule has 2 N–H and O–H groups in total. The van der Waals surface area contributed by atoms with Gasteiger partial charge in [-0.3, -0.25) is 9.59 Å².